The molecule has 0 amide bonds. The van der Waals surface area contributed by atoms with E-state index in [-0.39, 0.29) is 0 Å². The van der Waals surface area contributed by atoms with Crippen LogP contribution >= 0.6 is 12.2 Å². The summed E-state index contributed by atoms with van der Waals surface area (Å²) in [5.41, 5.74) is 4.41. The quantitative estimate of drug-likeness (QED) is 0.0972. The molecule has 4 nitrogen and oxygen atoms in total. The lowest BCUT2D eigenvalue weighted by molar-refractivity contribution is 0.529. The van der Waals surface area contributed by atoms with E-state index in [2.05, 4.69) is 28.8 Å². The number of hydrogen-bond acceptors (Lipinski definition) is 3. The summed E-state index contributed by atoms with van der Waals surface area (Å²) in [6.07, 6.45) is 23.8. The zero-order chi connectivity index (χ0) is 23.1. The Morgan fingerprint density at radius 1 is 0.812 bits per heavy atom. The van der Waals surface area contributed by atoms with E-state index in [4.69, 9.17) is 17.5 Å². The third-order valence-electron chi connectivity index (χ3n) is 5.74. The smallest absolute Gasteiger partial charge is 0.186 e. The van der Waals surface area contributed by atoms with Crippen LogP contribution in [0.3, 0.4) is 0 Å². The lowest BCUT2D eigenvalue weighted by Gasteiger charge is -2.07. The highest BCUT2D eigenvalue weighted by molar-refractivity contribution is 7.80. The lowest BCUT2D eigenvalue weighted by Crippen LogP contribution is -2.32. The van der Waals surface area contributed by atoms with Crippen molar-refractivity contribution >= 4 is 23.5 Å². The second-order valence-electron chi connectivity index (χ2n) is 8.66. The minimum atomic E-state index is 0.552. The summed E-state index contributed by atoms with van der Waals surface area (Å²) in [5, 5.41) is 16.7. The summed E-state index contributed by atoms with van der Waals surface area (Å²) in [6, 6.07) is 9.36. The number of rotatable bonds is 19. The van der Waals surface area contributed by atoms with Crippen molar-refractivity contribution < 1.29 is 0 Å². The number of hydrazone groups is 1. The lowest BCUT2D eigenvalue weighted by atomic mass is 10.0. The molecule has 0 radical (unpaired) electrons. The summed E-state index contributed by atoms with van der Waals surface area (Å²) < 4.78 is 0. The average Bonchev–Trinajstić information content (AvgIpc) is 2.81. The Morgan fingerprint density at radius 2 is 1.28 bits per heavy atom. The molecule has 0 unspecified atom stereocenters. The van der Waals surface area contributed by atoms with Crippen molar-refractivity contribution in [2.24, 2.45) is 5.10 Å². The second kappa shape index (κ2) is 20.9. The highest BCUT2D eigenvalue weighted by Crippen LogP contribution is 2.13. The van der Waals surface area contributed by atoms with Crippen molar-refractivity contribution in [2.75, 3.05) is 6.54 Å². The fraction of sp³-hybridized carbons (Fsp3) is 0.667. The van der Waals surface area contributed by atoms with Crippen LogP contribution in [-0.2, 0) is 0 Å². The molecule has 1 rings (SSSR count). The fourth-order valence-electron chi connectivity index (χ4n) is 3.72. The molecule has 0 fully saturated rings. The van der Waals surface area contributed by atoms with Crippen LogP contribution in [0.15, 0.2) is 29.4 Å². The molecule has 178 valence electrons. The van der Waals surface area contributed by atoms with Crippen LogP contribution in [0.25, 0.3) is 0 Å². The predicted octanol–water partition coefficient (Wildman–Crippen LogP) is 7.62. The van der Waals surface area contributed by atoms with E-state index in [0.29, 0.717) is 10.7 Å². The van der Waals surface area contributed by atoms with Crippen LogP contribution in [0.1, 0.15) is 121 Å². The number of benzene rings is 1. The Balaban J connectivity index is 1.83. The van der Waals surface area contributed by atoms with E-state index in [9.17, 15) is 0 Å². The van der Waals surface area contributed by atoms with E-state index in [1.165, 1.54) is 96.3 Å². The normalized spacial score (nSPS) is 10.9. The Morgan fingerprint density at radius 3 is 1.75 bits per heavy atom. The Hall–Kier alpha value is -1.93. The van der Waals surface area contributed by atoms with Gasteiger partial charge in [0, 0.05) is 6.54 Å². The number of nitriles is 1. The van der Waals surface area contributed by atoms with Gasteiger partial charge in [-0.3, -0.25) is 5.43 Å². The molecule has 0 aliphatic heterocycles. The molecule has 0 aliphatic rings. The molecule has 0 saturated carbocycles. The van der Waals surface area contributed by atoms with Crippen molar-refractivity contribution in [3.8, 4) is 6.07 Å². The van der Waals surface area contributed by atoms with Crippen LogP contribution in [0.4, 0.5) is 0 Å². The summed E-state index contributed by atoms with van der Waals surface area (Å²) >= 11 is 5.24. The maximum atomic E-state index is 8.80. The highest BCUT2D eigenvalue weighted by Gasteiger charge is 1.96. The van der Waals surface area contributed by atoms with Crippen molar-refractivity contribution in [3.05, 3.63) is 35.4 Å². The van der Waals surface area contributed by atoms with Gasteiger partial charge in [0.05, 0.1) is 17.8 Å². The SMILES string of the molecule is CCCCCCCCCCCCCCCCCCNC(=S)N/N=C/c1ccc(C#N)cc1. The predicted molar refractivity (Wildman–Crippen MR) is 142 cm³/mol. The molecule has 2 N–H and O–H groups in total. The van der Waals surface area contributed by atoms with Gasteiger partial charge in [-0.1, -0.05) is 115 Å². The maximum Gasteiger partial charge on any atom is 0.186 e. The molecule has 1 aromatic carbocycles. The minimum Gasteiger partial charge on any atom is -0.361 e. The van der Waals surface area contributed by atoms with Gasteiger partial charge in [-0.15, -0.1) is 0 Å². The number of unbranched alkanes of at least 4 members (excludes halogenated alkanes) is 15. The Kier molecular flexibility index (Phi) is 18.4. The first-order chi connectivity index (χ1) is 15.8. The summed E-state index contributed by atoms with van der Waals surface area (Å²) in [7, 11) is 0. The van der Waals surface area contributed by atoms with Gasteiger partial charge in [0.1, 0.15) is 0 Å². The van der Waals surface area contributed by atoms with Gasteiger partial charge >= 0.3 is 0 Å². The number of nitrogens with zero attached hydrogens (tertiary/aromatic N) is 2. The van der Waals surface area contributed by atoms with Crippen LogP contribution in [0.2, 0.25) is 0 Å². The van der Waals surface area contributed by atoms with E-state index in [0.717, 1.165) is 18.5 Å². The molecule has 32 heavy (non-hydrogen) atoms. The number of thiocarbonyl (C=S) groups is 1. The van der Waals surface area contributed by atoms with Gasteiger partial charge in [0.2, 0.25) is 0 Å². The van der Waals surface area contributed by atoms with Gasteiger partial charge in [-0.05, 0) is 36.3 Å². The molecule has 1 aromatic rings. The van der Waals surface area contributed by atoms with Gasteiger partial charge in [0.25, 0.3) is 0 Å². The molecular weight excluding hydrogens is 412 g/mol. The molecule has 0 aliphatic carbocycles. The molecule has 0 aromatic heterocycles. The third-order valence-corrected chi connectivity index (χ3v) is 5.97. The first-order valence-corrected chi connectivity index (χ1v) is 13.2. The van der Waals surface area contributed by atoms with Gasteiger partial charge < -0.3 is 5.32 Å². The van der Waals surface area contributed by atoms with Crippen molar-refractivity contribution in [3.63, 3.8) is 0 Å². The van der Waals surface area contributed by atoms with Crippen molar-refractivity contribution in [1.29, 1.82) is 5.26 Å². The summed E-state index contributed by atoms with van der Waals surface area (Å²) in [4.78, 5) is 0. The van der Waals surface area contributed by atoms with Crippen LogP contribution in [0.5, 0.6) is 0 Å². The standard InChI is InChI=1S/C27H44N4S/c1-2-3-4-5-6-7-8-9-10-11-12-13-14-15-16-17-22-29-27(32)31-30-24-26-20-18-25(23-28)19-21-26/h18-21,24H,2-17,22H2,1H3,(H2,29,31,32)/b30-24+. The molecule has 0 spiro atoms. The average molecular weight is 457 g/mol. The van der Waals surface area contributed by atoms with Crippen LogP contribution in [0, 0.1) is 11.3 Å². The largest absolute Gasteiger partial charge is 0.361 e. The molecular formula is C27H44N4S. The monoisotopic (exact) mass is 456 g/mol. The zero-order valence-corrected chi connectivity index (χ0v) is 21.0. The third kappa shape index (κ3) is 16.7. The van der Waals surface area contributed by atoms with Gasteiger partial charge in [-0.25, -0.2) is 0 Å². The molecule has 0 atom stereocenters. The van der Waals surface area contributed by atoms with E-state index >= 15 is 0 Å². The minimum absolute atomic E-state index is 0.552. The van der Waals surface area contributed by atoms with Gasteiger partial charge in [-0.2, -0.15) is 10.4 Å². The zero-order valence-electron chi connectivity index (χ0n) is 20.2. The first-order valence-electron chi connectivity index (χ1n) is 12.8. The Bertz CT molecular complexity index is 649. The second-order valence-corrected chi connectivity index (χ2v) is 9.07. The van der Waals surface area contributed by atoms with E-state index in [1.807, 2.05) is 12.1 Å². The molecule has 0 bridgehead atoms. The fourth-order valence-corrected chi connectivity index (χ4v) is 3.88. The molecule has 0 heterocycles. The van der Waals surface area contributed by atoms with Crippen LogP contribution in [-0.4, -0.2) is 17.9 Å². The van der Waals surface area contributed by atoms with E-state index < -0.39 is 0 Å². The van der Waals surface area contributed by atoms with Crippen molar-refractivity contribution in [1.82, 2.24) is 10.7 Å². The first kappa shape index (κ1) is 28.1. The number of hydrogen-bond donors (Lipinski definition) is 2. The van der Waals surface area contributed by atoms with E-state index in [1.54, 1.807) is 18.3 Å². The molecule has 5 heteroatoms. The topological polar surface area (TPSA) is 60.2 Å². The summed E-state index contributed by atoms with van der Waals surface area (Å²) in [5.74, 6) is 0. The molecule has 0 saturated heterocycles. The Labute approximate surface area is 202 Å². The number of nitrogens with one attached hydrogen (secondary N) is 2. The van der Waals surface area contributed by atoms with Crippen molar-refractivity contribution in [2.45, 2.75) is 110 Å². The van der Waals surface area contributed by atoms with Crippen LogP contribution < -0.4 is 10.7 Å². The maximum absolute atomic E-state index is 8.80. The summed E-state index contributed by atoms with van der Waals surface area (Å²) in [6.45, 7) is 3.17. The highest BCUT2D eigenvalue weighted by atomic mass is 32.1. The van der Waals surface area contributed by atoms with Gasteiger partial charge in [0.15, 0.2) is 5.11 Å².